The van der Waals surface area contributed by atoms with E-state index in [0.29, 0.717) is 13.0 Å². The molecule has 2 saturated heterocycles. The highest BCUT2D eigenvalue weighted by atomic mass is 16.8. The molecule has 47 heavy (non-hydrogen) atoms. The fourth-order valence-electron chi connectivity index (χ4n) is 5.90. The summed E-state index contributed by atoms with van der Waals surface area (Å²) in [6.07, 6.45) is 1.88. The van der Waals surface area contributed by atoms with E-state index in [1.165, 1.54) is 0 Å². The van der Waals surface area contributed by atoms with Crippen LogP contribution >= 0.6 is 0 Å². The molecule has 1 amide bonds. The zero-order chi connectivity index (χ0) is 34.2. The van der Waals surface area contributed by atoms with Crippen molar-refractivity contribution in [2.45, 2.75) is 151 Å². The van der Waals surface area contributed by atoms with Gasteiger partial charge in [0.2, 0.25) is 0 Å². The highest BCUT2D eigenvalue weighted by Crippen LogP contribution is 2.33. The van der Waals surface area contributed by atoms with Crippen LogP contribution in [0.2, 0.25) is 0 Å². The molecule has 0 radical (unpaired) electrons. The third-order valence-electron chi connectivity index (χ3n) is 8.84. The van der Waals surface area contributed by atoms with Gasteiger partial charge < -0.3 is 64.7 Å². The number of amides is 1. The number of carbonyl (C=O) groups excluding carboxylic acids is 2. The zero-order valence-electron chi connectivity index (χ0n) is 27.1. The number of rotatable bonds is 17. The lowest BCUT2D eigenvalue weighted by Gasteiger charge is -2.46. The number of hydrogen-bond donors (Lipinski definition) is 8. The number of hydrogen-bond acceptors (Lipinski definition) is 14. The Morgan fingerprint density at radius 2 is 1.53 bits per heavy atom. The van der Waals surface area contributed by atoms with E-state index in [1.807, 2.05) is 0 Å². The van der Waals surface area contributed by atoms with Crippen molar-refractivity contribution >= 4 is 12.1 Å². The minimum atomic E-state index is -1.78. The second kappa shape index (κ2) is 20.6. The summed E-state index contributed by atoms with van der Waals surface area (Å²) in [6.45, 7) is -1.27. The summed E-state index contributed by atoms with van der Waals surface area (Å²) in [4.78, 5) is 24.4. The van der Waals surface area contributed by atoms with Crippen LogP contribution in [0.5, 0.6) is 0 Å². The monoisotopic (exact) mass is 677 g/mol. The van der Waals surface area contributed by atoms with Crippen LogP contribution in [0, 0.1) is 0 Å². The molecule has 0 aromatic heterocycles. The molecule has 8 N–H and O–H groups in total. The van der Waals surface area contributed by atoms with Gasteiger partial charge in [-0.2, -0.15) is 0 Å². The van der Waals surface area contributed by atoms with Crippen LogP contribution in [0.15, 0.2) is 12.2 Å². The van der Waals surface area contributed by atoms with Crippen LogP contribution in [0.1, 0.15) is 89.9 Å². The van der Waals surface area contributed by atoms with Crippen molar-refractivity contribution in [3.63, 3.8) is 0 Å². The minimum Gasteiger partial charge on any atom is -0.462 e. The molecule has 0 saturated carbocycles. The van der Waals surface area contributed by atoms with Gasteiger partial charge in [0.05, 0.1) is 19.3 Å². The van der Waals surface area contributed by atoms with Gasteiger partial charge in [0.1, 0.15) is 48.8 Å². The van der Waals surface area contributed by atoms with E-state index in [2.05, 4.69) is 17.5 Å². The first-order chi connectivity index (χ1) is 22.6. The average molecular weight is 678 g/mol. The number of alkyl carbamates (subject to hydrolysis) is 1. The summed E-state index contributed by atoms with van der Waals surface area (Å²) >= 11 is 0. The zero-order valence-corrected chi connectivity index (χ0v) is 27.1. The Hall–Kier alpha value is -1.92. The molecule has 0 bridgehead atoms. The molecule has 3 aliphatic rings. The van der Waals surface area contributed by atoms with Gasteiger partial charge in [0, 0.05) is 19.4 Å². The fourth-order valence-corrected chi connectivity index (χ4v) is 5.90. The largest absolute Gasteiger partial charge is 0.462 e. The molecule has 2 fully saturated rings. The Labute approximate surface area is 275 Å². The highest BCUT2D eigenvalue weighted by Gasteiger charge is 2.51. The van der Waals surface area contributed by atoms with Gasteiger partial charge in [-0.05, 0) is 44.9 Å². The van der Waals surface area contributed by atoms with Crippen LogP contribution in [0.4, 0.5) is 4.79 Å². The van der Waals surface area contributed by atoms with Crippen LogP contribution in [0.25, 0.3) is 0 Å². The summed E-state index contributed by atoms with van der Waals surface area (Å²) < 4.78 is 27.3. The van der Waals surface area contributed by atoms with Crippen molar-refractivity contribution in [2.75, 3.05) is 26.4 Å². The van der Waals surface area contributed by atoms with Crippen LogP contribution in [0.3, 0.4) is 0 Å². The third-order valence-corrected chi connectivity index (χ3v) is 8.84. The van der Waals surface area contributed by atoms with Crippen molar-refractivity contribution in [3.05, 3.63) is 12.2 Å². The predicted octanol–water partition coefficient (Wildman–Crippen LogP) is 0.281. The number of aliphatic hydroxyl groups is 7. The molecule has 15 nitrogen and oxygen atoms in total. The van der Waals surface area contributed by atoms with E-state index in [1.54, 1.807) is 0 Å². The maximum absolute atomic E-state index is 12.4. The van der Waals surface area contributed by atoms with E-state index in [9.17, 15) is 45.3 Å². The molecule has 3 rings (SSSR count). The number of unbranched alkanes of at least 4 members (excludes halogenated alkanes) is 6. The average Bonchev–Trinajstić information content (AvgIpc) is 3.04. The topological polar surface area (TPSA) is 234 Å². The Morgan fingerprint density at radius 1 is 0.830 bits per heavy atom. The molecule has 7 unspecified atom stereocenters. The SMILES string of the molecule is O=C(CCCCCCCCCNC(=O)OC1CC/C=C/CCC1)OCC1(CO)CC(O)C(O)[C@@H](O[C@H]2OC(CO)[C@@H](O)C(O)C2O)O1. The Morgan fingerprint density at radius 3 is 2.26 bits per heavy atom. The van der Waals surface area contributed by atoms with Gasteiger partial charge in [-0.1, -0.05) is 44.3 Å². The summed E-state index contributed by atoms with van der Waals surface area (Å²) in [5.41, 5.74) is -1.63. The lowest BCUT2D eigenvalue weighted by atomic mass is 9.91. The molecule has 0 spiro atoms. The van der Waals surface area contributed by atoms with Gasteiger partial charge in [-0.15, -0.1) is 0 Å². The van der Waals surface area contributed by atoms with Crippen LogP contribution < -0.4 is 5.32 Å². The predicted molar refractivity (Wildman–Crippen MR) is 165 cm³/mol. The quantitative estimate of drug-likeness (QED) is 0.0587. The maximum atomic E-state index is 12.4. The second-order valence-electron chi connectivity index (χ2n) is 12.7. The van der Waals surface area contributed by atoms with Crippen LogP contribution in [-0.2, 0) is 28.5 Å². The van der Waals surface area contributed by atoms with Gasteiger partial charge >= 0.3 is 12.1 Å². The normalized spacial score (nSPS) is 35.3. The van der Waals surface area contributed by atoms with Crippen molar-refractivity contribution in [1.82, 2.24) is 5.32 Å². The molecule has 2 aliphatic heterocycles. The Balaban J connectivity index is 1.27. The van der Waals surface area contributed by atoms with Gasteiger partial charge in [-0.3, -0.25) is 4.79 Å². The smallest absolute Gasteiger partial charge is 0.407 e. The van der Waals surface area contributed by atoms with E-state index < -0.39 is 80.6 Å². The van der Waals surface area contributed by atoms with E-state index >= 15 is 0 Å². The molecule has 15 heteroatoms. The van der Waals surface area contributed by atoms with Crippen molar-refractivity contribution in [1.29, 1.82) is 0 Å². The van der Waals surface area contributed by atoms with Crippen LogP contribution in [-0.4, -0.2) is 135 Å². The minimum absolute atomic E-state index is 0.0179. The fraction of sp³-hybridized carbons (Fsp3) is 0.875. The van der Waals surface area contributed by atoms with Crippen molar-refractivity contribution in [2.24, 2.45) is 0 Å². The lowest BCUT2D eigenvalue weighted by molar-refractivity contribution is -0.382. The highest BCUT2D eigenvalue weighted by molar-refractivity contribution is 5.69. The molecular formula is C32H55NO14. The Kier molecular flexibility index (Phi) is 17.3. The summed E-state index contributed by atoms with van der Waals surface area (Å²) in [5, 5.41) is 73.4. The van der Waals surface area contributed by atoms with E-state index in [-0.39, 0.29) is 25.0 Å². The van der Waals surface area contributed by atoms with Gasteiger partial charge in [0.25, 0.3) is 0 Å². The second-order valence-corrected chi connectivity index (χ2v) is 12.7. The molecule has 0 aromatic carbocycles. The summed E-state index contributed by atoms with van der Waals surface area (Å²) in [7, 11) is 0. The first-order valence-corrected chi connectivity index (χ1v) is 16.9. The lowest BCUT2D eigenvalue weighted by Crippen LogP contribution is -2.63. The van der Waals surface area contributed by atoms with Gasteiger partial charge in [-0.25, -0.2) is 4.79 Å². The molecule has 1 aliphatic carbocycles. The first-order valence-electron chi connectivity index (χ1n) is 16.9. The number of nitrogens with one attached hydrogen (secondary N) is 1. The summed E-state index contributed by atoms with van der Waals surface area (Å²) in [5.74, 6) is -0.526. The number of allylic oxidation sites excluding steroid dienone is 2. The Bertz CT molecular complexity index is 953. The van der Waals surface area contributed by atoms with E-state index in [4.69, 9.17) is 23.7 Å². The van der Waals surface area contributed by atoms with E-state index in [0.717, 1.165) is 70.6 Å². The number of aliphatic hydroxyl groups excluding tert-OH is 7. The molecular weight excluding hydrogens is 622 g/mol. The van der Waals surface area contributed by atoms with Gasteiger partial charge in [0.15, 0.2) is 12.6 Å². The number of carbonyl (C=O) groups is 2. The standard InChI is InChI=1S/C32H55NO14/c34-18-23-26(39)27(40)28(41)29(45-23)46-30-25(38)22(36)17-32(19-35,47-30)20-43-24(37)15-11-7-2-1-3-8-12-16-33-31(42)44-21-13-9-5-4-6-10-14-21/h4-5,21-23,25-30,34-36,38-41H,1-3,6-20H2,(H,33,42)/b5-4+/t21?,22?,23?,25?,26-,27?,28?,29-,30+,32?/m1/s1. The third kappa shape index (κ3) is 12.8. The maximum Gasteiger partial charge on any atom is 0.407 e. The van der Waals surface area contributed by atoms with Crippen molar-refractivity contribution in [3.8, 4) is 0 Å². The first kappa shape index (κ1) is 39.5. The number of ether oxygens (including phenoxy) is 5. The number of esters is 1. The van der Waals surface area contributed by atoms with Crippen molar-refractivity contribution < 1.29 is 69.0 Å². The molecule has 10 atom stereocenters. The molecule has 272 valence electrons. The summed E-state index contributed by atoms with van der Waals surface area (Å²) in [6, 6.07) is 0. The molecule has 0 aromatic rings. The molecule has 2 heterocycles.